The van der Waals surface area contributed by atoms with Crippen molar-refractivity contribution in [2.45, 2.75) is 37.8 Å². The highest BCUT2D eigenvalue weighted by Gasteiger charge is 2.31. The lowest BCUT2D eigenvalue weighted by atomic mass is 10.1. The van der Waals surface area contributed by atoms with Crippen molar-refractivity contribution in [2.75, 3.05) is 7.05 Å². The summed E-state index contributed by atoms with van der Waals surface area (Å²) in [7, 11) is 1.75. The number of hydrogen-bond donors (Lipinski definition) is 2. The molecule has 16 heavy (non-hydrogen) atoms. The Morgan fingerprint density at radius 1 is 1.69 bits per heavy atom. The summed E-state index contributed by atoms with van der Waals surface area (Å²) in [5.41, 5.74) is 5.36. The third-order valence-electron chi connectivity index (χ3n) is 3.18. The lowest BCUT2D eigenvalue weighted by Gasteiger charge is -2.23. The molecule has 1 amide bonds. The van der Waals surface area contributed by atoms with Crippen molar-refractivity contribution in [1.82, 2.24) is 14.9 Å². The van der Waals surface area contributed by atoms with Gasteiger partial charge < -0.3 is 15.6 Å². The molecule has 0 bridgehead atoms. The third kappa shape index (κ3) is 1.95. The summed E-state index contributed by atoms with van der Waals surface area (Å²) in [6.45, 7) is 1.99. The SMILES string of the molecule is CNC(C(N)=O)C(C)n1ccnc1C1CC1. The van der Waals surface area contributed by atoms with Gasteiger partial charge in [0.1, 0.15) is 11.9 Å². The monoisotopic (exact) mass is 222 g/mol. The van der Waals surface area contributed by atoms with E-state index in [2.05, 4.69) is 14.9 Å². The summed E-state index contributed by atoms with van der Waals surface area (Å²) in [6.07, 6.45) is 6.11. The quantitative estimate of drug-likeness (QED) is 0.757. The Morgan fingerprint density at radius 2 is 2.38 bits per heavy atom. The first-order valence-corrected chi connectivity index (χ1v) is 5.64. The predicted octanol–water partition coefficient (Wildman–Crippen LogP) is 0.395. The number of hydrogen-bond acceptors (Lipinski definition) is 3. The lowest BCUT2D eigenvalue weighted by Crippen LogP contribution is -2.44. The second kappa shape index (κ2) is 4.25. The zero-order chi connectivity index (χ0) is 11.7. The number of nitrogens with one attached hydrogen (secondary N) is 1. The van der Waals surface area contributed by atoms with Crippen LogP contribution in [0.4, 0.5) is 0 Å². The topological polar surface area (TPSA) is 72.9 Å². The van der Waals surface area contributed by atoms with Crippen LogP contribution < -0.4 is 11.1 Å². The number of aromatic nitrogens is 2. The van der Waals surface area contributed by atoms with Gasteiger partial charge in [-0.25, -0.2) is 4.98 Å². The standard InChI is InChI=1S/C11H18N4O/c1-7(9(13-2)10(12)16)15-6-5-14-11(15)8-3-4-8/h5-9,13H,3-4H2,1-2H3,(H2,12,16). The normalized spacial score (nSPS) is 19.4. The van der Waals surface area contributed by atoms with Crippen molar-refractivity contribution >= 4 is 5.91 Å². The second-order valence-electron chi connectivity index (χ2n) is 4.38. The van der Waals surface area contributed by atoms with Crippen molar-refractivity contribution in [2.24, 2.45) is 5.73 Å². The van der Waals surface area contributed by atoms with Gasteiger partial charge in [0.15, 0.2) is 0 Å². The Bertz CT molecular complexity index is 383. The van der Waals surface area contributed by atoms with Gasteiger partial charge in [-0.2, -0.15) is 0 Å². The molecule has 5 heteroatoms. The highest BCUT2D eigenvalue weighted by Crippen LogP contribution is 2.40. The molecule has 2 rings (SSSR count). The minimum atomic E-state index is -0.355. The van der Waals surface area contributed by atoms with E-state index in [1.165, 1.54) is 12.8 Å². The molecular formula is C11H18N4O. The summed E-state index contributed by atoms with van der Waals surface area (Å²) in [6, 6.07) is -0.354. The zero-order valence-corrected chi connectivity index (χ0v) is 9.68. The minimum absolute atomic E-state index is 0.000556. The van der Waals surface area contributed by atoms with Gasteiger partial charge in [0.2, 0.25) is 5.91 Å². The molecule has 2 atom stereocenters. The average molecular weight is 222 g/mol. The number of primary amides is 1. The van der Waals surface area contributed by atoms with Crippen LogP contribution in [0.1, 0.15) is 37.5 Å². The van der Waals surface area contributed by atoms with Crippen LogP contribution in [0.25, 0.3) is 0 Å². The van der Waals surface area contributed by atoms with Gasteiger partial charge in [0, 0.05) is 18.3 Å². The van der Waals surface area contributed by atoms with Gasteiger partial charge >= 0.3 is 0 Å². The average Bonchev–Trinajstić information content (AvgIpc) is 2.96. The molecule has 5 nitrogen and oxygen atoms in total. The molecule has 0 aliphatic heterocycles. The van der Waals surface area contributed by atoms with Crippen molar-refractivity contribution in [1.29, 1.82) is 0 Å². The second-order valence-corrected chi connectivity index (χ2v) is 4.38. The lowest BCUT2D eigenvalue weighted by molar-refractivity contribution is -0.120. The fraction of sp³-hybridized carbons (Fsp3) is 0.636. The van der Waals surface area contributed by atoms with E-state index < -0.39 is 0 Å². The molecule has 1 heterocycles. The highest BCUT2D eigenvalue weighted by molar-refractivity contribution is 5.80. The number of likely N-dealkylation sites (N-methyl/N-ethyl adjacent to an activating group) is 1. The maximum Gasteiger partial charge on any atom is 0.236 e. The Labute approximate surface area is 95.0 Å². The molecule has 88 valence electrons. The highest BCUT2D eigenvalue weighted by atomic mass is 16.1. The maximum absolute atomic E-state index is 11.3. The van der Waals surface area contributed by atoms with E-state index in [9.17, 15) is 4.79 Å². The molecule has 3 N–H and O–H groups in total. The van der Waals surface area contributed by atoms with Gasteiger partial charge in [-0.15, -0.1) is 0 Å². The number of amides is 1. The summed E-state index contributed by atoms with van der Waals surface area (Å²) in [5.74, 6) is 1.32. The minimum Gasteiger partial charge on any atom is -0.368 e. The summed E-state index contributed by atoms with van der Waals surface area (Å²) < 4.78 is 2.06. The molecule has 1 aromatic heterocycles. The van der Waals surface area contributed by atoms with Crippen molar-refractivity contribution in [3.8, 4) is 0 Å². The Morgan fingerprint density at radius 3 is 2.88 bits per heavy atom. The summed E-state index contributed by atoms with van der Waals surface area (Å²) in [5, 5.41) is 2.95. The molecule has 1 fully saturated rings. The van der Waals surface area contributed by atoms with E-state index in [0.717, 1.165) is 5.82 Å². The van der Waals surface area contributed by atoms with E-state index in [4.69, 9.17) is 5.73 Å². The van der Waals surface area contributed by atoms with E-state index in [0.29, 0.717) is 5.92 Å². The van der Waals surface area contributed by atoms with Gasteiger partial charge in [0.05, 0.1) is 6.04 Å². The fourth-order valence-electron chi connectivity index (χ4n) is 2.11. The molecule has 0 saturated heterocycles. The van der Waals surface area contributed by atoms with Crippen molar-refractivity contribution in [3.05, 3.63) is 18.2 Å². The number of nitrogens with two attached hydrogens (primary N) is 1. The van der Waals surface area contributed by atoms with Crippen LogP contribution in [-0.2, 0) is 4.79 Å². The molecule has 0 aromatic carbocycles. The van der Waals surface area contributed by atoms with Crippen LogP contribution in [0.5, 0.6) is 0 Å². The van der Waals surface area contributed by atoms with E-state index >= 15 is 0 Å². The Hall–Kier alpha value is -1.36. The number of rotatable bonds is 5. The summed E-state index contributed by atoms with van der Waals surface area (Å²) >= 11 is 0. The van der Waals surface area contributed by atoms with Gasteiger partial charge in [-0.1, -0.05) is 0 Å². The smallest absolute Gasteiger partial charge is 0.236 e. The molecule has 1 aliphatic carbocycles. The van der Waals surface area contributed by atoms with E-state index in [1.54, 1.807) is 13.2 Å². The summed E-state index contributed by atoms with van der Waals surface area (Å²) in [4.78, 5) is 15.6. The first kappa shape index (κ1) is 11.1. The molecular weight excluding hydrogens is 204 g/mol. The van der Waals surface area contributed by atoms with Gasteiger partial charge in [-0.3, -0.25) is 4.79 Å². The zero-order valence-electron chi connectivity index (χ0n) is 9.68. The first-order chi connectivity index (χ1) is 7.65. The van der Waals surface area contributed by atoms with E-state index in [-0.39, 0.29) is 18.0 Å². The predicted molar refractivity (Wildman–Crippen MR) is 61.0 cm³/mol. The molecule has 1 aromatic rings. The van der Waals surface area contributed by atoms with Crippen molar-refractivity contribution in [3.63, 3.8) is 0 Å². The molecule has 0 spiro atoms. The first-order valence-electron chi connectivity index (χ1n) is 5.64. The van der Waals surface area contributed by atoms with E-state index in [1.807, 2.05) is 13.1 Å². The molecule has 1 saturated carbocycles. The van der Waals surface area contributed by atoms with Crippen LogP contribution in [0, 0.1) is 0 Å². The molecule has 2 unspecified atom stereocenters. The van der Waals surface area contributed by atoms with Crippen molar-refractivity contribution < 1.29 is 4.79 Å². The number of carbonyl (C=O) groups is 1. The number of carbonyl (C=O) groups excluding carboxylic acids is 1. The Balaban J connectivity index is 2.21. The third-order valence-corrected chi connectivity index (χ3v) is 3.18. The maximum atomic E-state index is 11.3. The van der Waals surface area contributed by atoms with Crippen LogP contribution in [-0.4, -0.2) is 28.5 Å². The molecule has 0 radical (unpaired) electrons. The largest absolute Gasteiger partial charge is 0.368 e. The van der Waals surface area contributed by atoms with Crippen LogP contribution >= 0.6 is 0 Å². The number of nitrogens with zero attached hydrogens (tertiary/aromatic N) is 2. The molecule has 1 aliphatic rings. The van der Waals surface area contributed by atoms with Gasteiger partial charge in [-0.05, 0) is 26.8 Å². The van der Waals surface area contributed by atoms with Crippen LogP contribution in [0.2, 0.25) is 0 Å². The fourth-order valence-corrected chi connectivity index (χ4v) is 2.11. The number of imidazole rings is 1. The Kier molecular flexibility index (Phi) is 2.96. The van der Waals surface area contributed by atoms with Crippen LogP contribution in [0.3, 0.4) is 0 Å². The van der Waals surface area contributed by atoms with Gasteiger partial charge in [0.25, 0.3) is 0 Å². The van der Waals surface area contributed by atoms with Crippen LogP contribution in [0.15, 0.2) is 12.4 Å².